The van der Waals surface area contributed by atoms with Gasteiger partial charge in [-0.05, 0) is 52.6 Å². The molecule has 0 radical (unpaired) electrons. The van der Waals surface area contributed by atoms with Gasteiger partial charge in [0, 0.05) is 30.9 Å². The molecule has 0 saturated heterocycles. The normalized spacial score (nSPS) is 27.9. The number of aromatic nitrogens is 2. The van der Waals surface area contributed by atoms with Crippen molar-refractivity contribution in [1.29, 1.82) is 0 Å². The van der Waals surface area contributed by atoms with E-state index in [1.165, 1.54) is 44.2 Å². The smallest absolute Gasteiger partial charge is 0.0951 e. The molecule has 1 N–H and O–H groups in total. The Morgan fingerprint density at radius 3 is 2.63 bits per heavy atom. The van der Waals surface area contributed by atoms with Crippen molar-refractivity contribution >= 4 is 0 Å². The van der Waals surface area contributed by atoms with E-state index in [-0.39, 0.29) is 0 Å². The maximum absolute atomic E-state index is 4.33. The van der Waals surface area contributed by atoms with Gasteiger partial charge >= 0.3 is 0 Å². The molecule has 2 aliphatic carbocycles. The molecule has 0 bridgehead atoms. The number of nitrogens with one attached hydrogen (secondary N) is 1. The molecule has 3 rings (SSSR count). The molecule has 0 atom stereocenters. The van der Waals surface area contributed by atoms with E-state index < -0.39 is 0 Å². The monoisotopic (exact) mass is 262 g/mol. The Morgan fingerprint density at radius 2 is 2.00 bits per heavy atom. The third-order valence-corrected chi connectivity index (χ3v) is 4.83. The Bertz CT molecular complexity index is 402. The van der Waals surface area contributed by atoms with Gasteiger partial charge in [-0.3, -0.25) is 4.90 Å². The molecule has 2 saturated carbocycles. The lowest BCUT2D eigenvalue weighted by Gasteiger charge is -2.34. The van der Waals surface area contributed by atoms with Crippen LogP contribution in [0.1, 0.15) is 50.3 Å². The van der Waals surface area contributed by atoms with Crippen LogP contribution in [0.5, 0.6) is 0 Å². The second-order valence-corrected chi connectivity index (χ2v) is 6.23. The Labute approximate surface area is 116 Å². The minimum atomic E-state index is 0.738. The molecule has 1 aromatic rings. The molecule has 4 heteroatoms. The Hall–Kier alpha value is -0.870. The summed E-state index contributed by atoms with van der Waals surface area (Å²) in [7, 11) is 4.36. The van der Waals surface area contributed by atoms with E-state index in [4.69, 9.17) is 0 Å². The SMILES string of the molecule is CNC1CCC(N(C)Cc2cncn2C2CC2)CC1. The van der Waals surface area contributed by atoms with E-state index in [0.29, 0.717) is 0 Å². The van der Waals surface area contributed by atoms with E-state index >= 15 is 0 Å². The summed E-state index contributed by atoms with van der Waals surface area (Å²) in [5, 5.41) is 3.41. The molecule has 1 aromatic heterocycles. The zero-order chi connectivity index (χ0) is 13.2. The first-order valence-electron chi connectivity index (χ1n) is 7.66. The molecule has 0 aliphatic heterocycles. The van der Waals surface area contributed by atoms with E-state index in [1.807, 2.05) is 12.5 Å². The number of hydrogen-bond donors (Lipinski definition) is 1. The quantitative estimate of drug-likeness (QED) is 0.883. The van der Waals surface area contributed by atoms with Crippen molar-refractivity contribution in [2.24, 2.45) is 0 Å². The van der Waals surface area contributed by atoms with E-state index in [2.05, 4.69) is 33.9 Å². The fourth-order valence-electron chi connectivity index (χ4n) is 3.33. The summed E-state index contributed by atoms with van der Waals surface area (Å²) in [6.07, 6.45) is 12.0. The number of nitrogens with zero attached hydrogens (tertiary/aromatic N) is 3. The molecular weight excluding hydrogens is 236 g/mol. The van der Waals surface area contributed by atoms with Crippen LogP contribution >= 0.6 is 0 Å². The van der Waals surface area contributed by atoms with Gasteiger partial charge in [-0.15, -0.1) is 0 Å². The van der Waals surface area contributed by atoms with Gasteiger partial charge in [-0.2, -0.15) is 0 Å². The van der Waals surface area contributed by atoms with E-state index in [1.54, 1.807) is 0 Å². The third kappa shape index (κ3) is 3.00. The van der Waals surface area contributed by atoms with Crippen LogP contribution in [-0.2, 0) is 6.54 Å². The summed E-state index contributed by atoms with van der Waals surface area (Å²) in [5.74, 6) is 0. The average Bonchev–Trinajstić information content (AvgIpc) is 3.19. The molecule has 4 nitrogen and oxygen atoms in total. The molecule has 19 heavy (non-hydrogen) atoms. The number of hydrogen-bond acceptors (Lipinski definition) is 3. The second kappa shape index (κ2) is 5.63. The number of imidazole rings is 1. The first-order valence-corrected chi connectivity index (χ1v) is 7.66. The van der Waals surface area contributed by atoms with Gasteiger partial charge in [0.2, 0.25) is 0 Å². The molecule has 0 spiro atoms. The summed E-state index contributed by atoms with van der Waals surface area (Å²) in [4.78, 5) is 6.86. The second-order valence-electron chi connectivity index (χ2n) is 6.23. The van der Waals surface area contributed by atoms with Crippen molar-refractivity contribution in [3.63, 3.8) is 0 Å². The molecule has 2 fully saturated rings. The molecule has 0 aromatic carbocycles. The van der Waals surface area contributed by atoms with Crippen LogP contribution in [0, 0.1) is 0 Å². The highest BCUT2D eigenvalue weighted by Gasteiger charge is 2.27. The molecule has 1 heterocycles. The summed E-state index contributed by atoms with van der Waals surface area (Å²) in [6, 6.07) is 2.22. The van der Waals surface area contributed by atoms with Gasteiger partial charge in [0.1, 0.15) is 0 Å². The zero-order valence-electron chi connectivity index (χ0n) is 12.2. The lowest BCUT2D eigenvalue weighted by molar-refractivity contribution is 0.167. The summed E-state index contributed by atoms with van der Waals surface area (Å²) in [5.41, 5.74) is 1.39. The van der Waals surface area contributed by atoms with Gasteiger partial charge in [0.25, 0.3) is 0 Å². The predicted molar refractivity (Wildman–Crippen MR) is 77.1 cm³/mol. The van der Waals surface area contributed by atoms with Gasteiger partial charge in [-0.1, -0.05) is 0 Å². The van der Waals surface area contributed by atoms with Crippen molar-refractivity contribution in [2.75, 3.05) is 14.1 Å². The van der Waals surface area contributed by atoms with Crippen molar-refractivity contribution < 1.29 is 0 Å². The van der Waals surface area contributed by atoms with Crippen LogP contribution in [0.15, 0.2) is 12.5 Å². The lowest BCUT2D eigenvalue weighted by Crippen LogP contribution is -2.39. The predicted octanol–water partition coefficient (Wildman–Crippen LogP) is 2.18. The summed E-state index contributed by atoms with van der Waals surface area (Å²) >= 11 is 0. The Kier molecular flexibility index (Phi) is 3.89. The average molecular weight is 262 g/mol. The summed E-state index contributed by atoms with van der Waals surface area (Å²) in [6.45, 7) is 1.05. The highest BCUT2D eigenvalue weighted by Crippen LogP contribution is 2.36. The first kappa shape index (κ1) is 13.1. The van der Waals surface area contributed by atoms with Crippen molar-refractivity contribution in [3.8, 4) is 0 Å². The number of rotatable bonds is 5. The van der Waals surface area contributed by atoms with Crippen LogP contribution in [0.25, 0.3) is 0 Å². The minimum absolute atomic E-state index is 0.738. The molecule has 2 aliphatic rings. The van der Waals surface area contributed by atoms with Crippen LogP contribution in [0.4, 0.5) is 0 Å². The van der Waals surface area contributed by atoms with Gasteiger partial charge < -0.3 is 9.88 Å². The standard InChI is InChI=1S/C15H26N4/c1-16-12-3-5-13(6-4-12)18(2)10-15-9-17-11-19(15)14-7-8-14/h9,11-14,16H,3-8,10H2,1-2H3. The fourth-order valence-corrected chi connectivity index (χ4v) is 3.33. The van der Waals surface area contributed by atoms with Crippen LogP contribution < -0.4 is 5.32 Å². The minimum Gasteiger partial charge on any atom is -0.330 e. The third-order valence-electron chi connectivity index (χ3n) is 4.83. The lowest BCUT2D eigenvalue weighted by atomic mass is 9.90. The highest BCUT2D eigenvalue weighted by atomic mass is 15.2. The van der Waals surface area contributed by atoms with Crippen molar-refractivity contribution in [3.05, 3.63) is 18.2 Å². The Morgan fingerprint density at radius 1 is 1.26 bits per heavy atom. The molecular formula is C15H26N4. The van der Waals surface area contributed by atoms with E-state index in [0.717, 1.165) is 24.7 Å². The molecule has 0 unspecified atom stereocenters. The van der Waals surface area contributed by atoms with E-state index in [9.17, 15) is 0 Å². The first-order chi connectivity index (χ1) is 9.28. The van der Waals surface area contributed by atoms with Crippen molar-refractivity contribution in [1.82, 2.24) is 19.8 Å². The van der Waals surface area contributed by atoms with Gasteiger partial charge in [0.15, 0.2) is 0 Å². The summed E-state index contributed by atoms with van der Waals surface area (Å²) < 4.78 is 2.38. The maximum atomic E-state index is 4.33. The maximum Gasteiger partial charge on any atom is 0.0951 e. The fraction of sp³-hybridized carbons (Fsp3) is 0.800. The van der Waals surface area contributed by atoms with Crippen molar-refractivity contribution in [2.45, 2.75) is 63.2 Å². The van der Waals surface area contributed by atoms with Crippen LogP contribution in [-0.4, -0.2) is 40.6 Å². The Balaban J connectivity index is 1.56. The largest absolute Gasteiger partial charge is 0.330 e. The topological polar surface area (TPSA) is 33.1 Å². The van der Waals surface area contributed by atoms with Crippen LogP contribution in [0.2, 0.25) is 0 Å². The molecule has 0 amide bonds. The zero-order valence-corrected chi connectivity index (χ0v) is 12.2. The van der Waals surface area contributed by atoms with Gasteiger partial charge in [0.05, 0.1) is 12.0 Å². The van der Waals surface area contributed by atoms with Gasteiger partial charge in [-0.25, -0.2) is 4.98 Å². The van der Waals surface area contributed by atoms with Crippen LogP contribution in [0.3, 0.4) is 0 Å². The highest BCUT2D eigenvalue weighted by molar-refractivity contribution is 5.03. The molecule has 106 valence electrons.